The Kier molecular flexibility index (Phi) is 5.03. The van der Waals surface area contributed by atoms with Gasteiger partial charge in [-0.05, 0) is 68.4 Å². The first kappa shape index (κ1) is 20.8. The molecule has 0 spiro atoms. The molecule has 8 heteroatoms. The summed E-state index contributed by atoms with van der Waals surface area (Å²) in [6.07, 6.45) is 5.98. The Hall–Kier alpha value is -3.78. The van der Waals surface area contributed by atoms with Gasteiger partial charge in [0, 0.05) is 29.9 Å². The number of hydrogen-bond donors (Lipinski definition) is 0. The first-order chi connectivity index (χ1) is 16.6. The molecule has 4 heterocycles. The van der Waals surface area contributed by atoms with Crippen LogP contribution in [0.4, 0.5) is 8.78 Å². The maximum atomic E-state index is 14.2. The molecule has 0 amide bonds. The highest BCUT2D eigenvalue weighted by Gasteiger charge is 2.16. The molecule has 1 aliphatic rings. The van der Waals surface area contributed by atoms with E-state index >= 15 is 0 Å². The van der Waals surface area contributed by atoms with E-state index in [4.69, 9.17) is 4.42 Å². The predicted octanol–water partition coefficient (Wildman–Crippen LogP) is 4.97. The van der Waals surface area contributed by atoms with Gasteiger partial charge in [-0.2, -0.15) is 5.10 Å². The van der Waals surface area contributed by atoms with Crippen molar-refractivity contribution >= 4 is 21.9 Å². The first-order valence-electron chi connectivity index (χ1n) is 11.4. The summed E-state index contributed by atoms with van der Waals surface area (Å²) in [5.41, 5.74) is 1.89. The monoisotopic (exact) mass is 460 g/mol. The smallest absolute Gasteiger partial charge is 0.266 e. The molecule has 0 unspecified atom stereocenters. The van der Waals surface area contributed by atoms with Gasteiger partial charge in [0.05, 0.1) is 29.2 Å². The van der Waals surface area contributed by atoms with Gasteiger partial charge in [-0.25, -0.2) is 8.78 Å². The number of pyridine rings is 1. The van der Waals surface area contributed by atoms with E-state index in [1.54, 1.807) is 12.3 Å². The molecule has 0 N–H and O–H groups in total. The molecule has 0 aliphatic carbocycles. The average Bonchev–Trinajstić information content (AvgIpc) is 3.57. The van der Waals surface area contributed by atoms with Crippen LogP contribution in [0.25, 0.3) is 38.9 Å². The van der Waals surface area contributed by atoms with E-state index in [1.165, 1.54) is 29.5 Å². The minimum atomic E-state index is -0.744. The first-order valence-corrected chi connectivity index (χ1v) is 11.4. The van der Waals surface area contributed by atoms with Crippen LogP contribution in [-0.2, 0) is 6.54 Å². The standard InChI is InChI=1S/C26H22F2N4O2/c27-18-3-5-20(22(28)14-18)25-15-21-24(34-25)7-10-31(26(21)33)19-4-6-23-17(13-19)16-29-32(23)12-11-30-8-1-2-9-30/h3-7,10,13-16H,1-2,8-9,11-12H2. The average molecular weight is 460 g/mol. The molecule has 6 nitrogen and oxygen atoms in total. The number of furan rings is 1. The van der Waals surface area contributed by atoms with Crippen molar-refractivity contribution in [2.24, 2.45) is 0 Å². The Labute approximate surface area is 193 Å². The number of nitrogens with zero attached hydrogens (tertiary/aromatic N) is 4. The van der Waals surface area contributed by atoms with Gasteiger partial charge in [-0.15, -0.1) is 0 Å². The van der Waals surface area contributed by atoms with Crippen LogP contribution in [0.3, 0.4) is 0 Å². The molecule has 0 bridgehead atoms. The summed E-state index contributed by atoms with van der Waals surface area (Å²) < 4.78 is 36.7. The maximum absolute atomic E-state index is 14.2. The quantitative estimate of drug-likeness (QED) is 0.372. The highest BCUT2D eigenvalue weighted by molar-refractivity contribution is 5.83. The molecule has 1 aliphatic heterocycles. The maximum Gasteiger partial charge on any atom is 0.266 e. The topological polar surface area (TPSA) is 56.2 Å². The molecular formula is C26H22F2N4O2. The molecular weight excluding hydrogens is 438 g/mol. The van der Waals surface area contributed by atoms with E-state index in [-0.39, 0.29) is 16.9 Å². The van der Waals surface area contributed by atoms with Gasteiger partial charge < -0.3 is 9.32 Å². The van der Waals surface area contributed by atoms with Gasteiger partial charge in [0.25, 0.3) is 5.56 Å². The van der Waals surface area contributed by atoms with Crippen molar-refractivity contribution in [2.45, 2.75) is 19.4 Å². The fourth-order valence-corrected chi connectivity index (χ4v) is 4.71. The van der Waals surface area contributed by atoms with Crippen LogP contribution in [0.2, 0.25) is 0 Å². The zero-order valence-electron chi connectivity index (χ0n) is 18.4. The Balaban J connectivity index is 1.33. The van der Waals surface area contributed by atoms with E-state index in [0.717, 1.165) is 49.2 Å². The van der Waals surface area contributed by atoms with E-state index < -0.39 is 11.6 Å². The van der Waals surface area contributed by atoms with Gasteiger partial charge in [-0.3, -0.25) is 14.0 Å². The van der Waals surface area contributed by atoms with Crippen LogP contribution in [0.5, 0.6) is 0 Å². The second-order valence-electron chi connectivity index (χ2n) is 8.66. The minimum Gasteiger partial charge on any atom is -0.456 e. The van der Waals surface area contributed by atoms with Gasteiger partial charge in [0.1, 0.15) is 23.0 Å². The molecule has 0 atom stereocenters. The lowest BCUT2D eigenvalue weighted by Crippen LogP contribution is -2.24. The molecule has 0 radical (unpaired) electrons. The van der Waals surface area contributed by atoms with Crippen LogP contribution in [0.1, 0.15) is 12.8 Å². The van der Waals surface area contributed by atoms with Crippen molar-refractivity contribution in [3.63, 3.8) is 0 Å². The van der Waals surface area contributed by atoms with Crippen molar-refractivity contribution in [3.05, 3.63) is 82.9 Å². The van der Waals surface area contributed by atoms with Gasteiger partial charge >= 0.3 is 0 Å². The summed E-state index contributed by atoms with van der Waals surface area (Å²) >= 11 is 0. The molecule has 172 valence electrons. The Bertz CT molecular complexity index is 1580. The highest BCUT2D eigenvalue weighted by Crippen LogP contribution is 2.29. The number of halogens is 2. The van der Waals surface area contributed by atoms with Crippen molar-refractivity contribution in [1.29, 1.82) is 0 Å². The van der Waals surface area contributed by atoms with Crippen LogP contribution in [-0.4, -0.2) is 38.9 Å². The second kappa shape index (κ2) is 8.22. The van der Waals surface area contributed by atoms with Crippen LogP contribution in [0.15, 0.2) is 70.1 Å². The van der Waals surface area contributed by atoms with Gasteiger partial charge in [-0.1, -0.05) is 0 Å². The fraction of sp³-hybridized carbons (Fsp3) is 0.231. The lowest BCUT2D eigenvalue weighted by Gasteiger charge is -2.14. The van der Waals surface area contributed by atoms with E-state index in [9.17, 15) is 13.6 Å². The molecule has 1 saturated heterocycles. The van der Waals surface area contributed by atoms with Crippen LogP contribution < -0.4 is 5.56 Å². The second-order valence-corrected chi connectivity index (χ2v) is 8.66. The molecule has 5 aromatic rings. The van der Waals surface area contributed by atoms with E-state index in [2.05, 4.69) is 10.00 Å². The van der Waals surface area contributed by atoms with E-state index in [0.29, 0.717) is 16.7 Å². The number of likely N-dealkylation sites (tertiary alicyclic amines) is 1. The molecule has 3 aromatic heterocycles. The largest absolute Gasteiger partial charge is 0.456 e. The lowest BCUT2D eigenvalue weighted by molar-refractivity contribution is 0.318. The van der Waals surface area contributed by atoms with Gasteiger partial charge in [0.15, 0.2) is 0 Å². The SMILES string of the molecule is O=c1c2cc(-c3ccc(F)cc3F)oc2ccn1-c1ccc2c(cnn2CCN2CCCC2)c1. The normalized spacial score (nSPS) is 14.5. The van der Waals surface area contributed by atoms with Crippen LogP contribution >= 0.6 is 0 Å². The molecule has 34 heavy (non-hydrogen) atoms. The molecule has 1 fully saturated rings. The predicted molar refractivity (Wildman–Crippen MR) is 126 cm³/mol. The third-order valence-electron chi connectivity index (χ3n) is 6.51. The van der Waals surface area contributed by atoms with Crippen molar-refractivity contribution in [1.82, 2.24) is 19.2 Å². The molecule has 2 aromatic carbocycles. The Morgan fingerprint density at radius 2 is 1.82 bits per heavy atom. The Morgan fingerprint density at radius 1 is 0.971 bits per heavy atom. The number of rotatable bonds is 5. The summed E-state index contributed by atoms with van der Waals surface area (Å²) in [6, 6.07) is 12.2. The zero-order chi connectivity index (χ0) is 23.2. The lowest BCUT2D eigenvalue weighted by atomic mass is 10.1. The minimum absolute atomic E-state index is 0.103. The summed E-state index contributed by atoms with van der Waals surface area (Å²) in [6.45, 7) is 4.11. The number of benzene rings is 2. The van der Waals surface area contributed by atoms with E-state index in [1.807, 2.05) is 29.1 Å². The molecule has 6 rings (SSSR count). The summed E-state index contributed by atoms with van der Waals surface area (Å²) in [4.78, 5) is 15.7. The third-order valence-corrected chi connectivity index (χ3v) is 6.51. The highest BCUT2D eigenvalue weighted by atomic mass is 19.1. The van der Waals surface area contributed by atoms with Gasteiger partial charge in [0.2, 0.25) is 0 Å². The van der Waals surface area contributed by atoms with Crippen molar-refractivity contribution < 1.29 is 13.2 Å². The number of aromatic nitrogens is 3. The Morgan fingerprint density at radius 3 is 2.65 bits per heavy atom. The number of hydrogen-bond acceptors (Lipinski definition) is 4. The fourth-order valence-electron chi connectivity index (χ4n) is 4.71. The summed E-state index contributed by atoms with van der Waals surface area (Å²) in [5, 5.41) is 5.81. The summed E-state index contributed by atoms with van der Waals surface area (Å²) in [7, 11) is 0. The van der Waals surface area contributed by atoms with Crippen molar-refractivity contribution in [3.8, 4) is 17.0 Å². The summed E-state index contributed by atoms with van der Waals surface area (Å²) in [5.74, 6) is -1.24. The molecule has 0 saturated carbocycles. The third kappa shape index (κ3) is 3.60. The zero-order valence-corrected chi connectivity index (χ0v) is 18.4. The van der Waals surface area contributed by atoms with Crippen molar-refractivity contribution in [2.75, 3.05) is 19.6 Å². The van der Waals surface area contributed by atoms with Crippen LogP contribution in [0, 0.1) is 11.6 Å². The number of fused-ring (bicyclic) bond motifs is 2.